The van der Waals surface area contributed by atoms with Gasteiger partial charge in [-0.3, -0.25) is 19.3 Å². The van der Waals surface area contributed by atoms with E-state index in [0.29, 0.717) is 22.6 Å². The van der Waals surface area contributed by atoms with E-state index in [1.165, 1.54) is 19.0 Å². The molecule has 41 heavy (non-hydrogen) atoms. The van der Waals surface area contributed by atoms with Gasteiger partial charge in [-0.25, -0.2) is 0 Å². The standard InChI is InChI=1S/C29H28N2O10/c1-10-12-5-6-13(11-4-7-14-15(8-11)41-9-40-14)22(32)17(12)23(33)18-16(10)24(34)20-21(31(2)3)25(35)19(28(30)38)27(37)29(20,39)26(18)36/h4-8,10,16,20-21,24,32,34-36,39H,9H2,1-3H3,(H2,30,38). The third-order valence-electron chi connectivity index (χ3n) is 8.81. The number of Topliss-reactive ketones (excluding diaryl/α,β-unsaturated/α-hetero) is 2. The minimum Gasteiger partial charge on any atom is -0.510 e. The van der Waals surface area contributed by atoms with Crippen LogP contribution in [-0.2, 0) is 9.59 Å². The summed E-state index contributed by atoms with van der Waals surface area (Å²) in [7, 11) is 2.97. The molecule has 1 aliphatic heterocycles. The number of aliphatic hydroxyl groups is 4. The molecule has 0 fully saturated rings. The third-order valence-corrected chi connectivity index (χ3v) is 8.81. The van der Waals surface area contributed by atoms with Gasteiger partial charge in [0.05, 0.1) is 23.6 Å². The fourth-order valence-corrected chi connectivity index (χ4v) is 6.92. The lowest BCUT2D eigenvalue weighted by Gasteiger charge is -2.53. The first kappa shape index (κ1) is 26.8. The van der Waals surface area contributed by atoms with Gasteiger partial charge in [-0.2, -0.15) is 0 Å². The Balaban J connectivity index is 1.56. The smallest absolute Gasteiger partial charge is 0.255 e. The van der Waals surface area contributed by atoms with Crippen molar-refractivity contribution in [2.45, 2.75) is 30.6 Å². The number of rotatable bonds is 3. The van der Waals surface area contributed by atoms with Crippen molar-refractivity contribution in [1.29, 1.82) is 0 Å². The number of hydrogen-bond donors (Lipinski definition) is 6. The molecule has 3 aliphatic carbocycles. The van der Waals surface area contributed by atoms with Crippen molar-refractivity contribution in [3.05, 3.63) is 64.1 Å². The van der Waals surface area contributed by atoms with Crippen LogP contribution < -0.4 is 15.2 Å². The van der Waals surface area contributed by atoms with Gasteiger partial charge in [0.15, 0.2) is 22.9 Å². The van der Waals surface area contributed by atoms with Crippen molar-refractivity contribution < 1.29 is 49.4 Å². The number of ketones is 2. The molecule has 0 aromatic heterocycles. The van der Waals surface area contributed by atoms with Gasteiger partial charge in [0.1, 0.15) is 22.8 Å². The van der Waals surface area contributed by atoms with E-state index in [-0.39, 0.29) is 17.9 Å². The number of ether oxygens (including phenoxy) is 2. The molecule has 0 bridgehead atoms. The summed E-state index contributed by atoms with van der Waals surface area (Å²) in [5.41, 5.74) is 1.99. The van der Waals surface area contributed by atoms with Gasteiger partial charge in [-0.05, 0) is 43.3 Å². The number of carbonyl (C=O) groups excluding carboxylic acids is 3. The average molecular weight is 565 g/mol. The number of primary amides is 1. The van der Waals surface area contributed by atoms with Crippen LogP contribution in [0.3, 0.4) is 0 Å². The van der Waals surface area contributed by atoms with E-state index in [4.69, 9.17) is 15.2 Å². The zero-order chi connectivity index (χ0) is 29.7. The van der Waals surface area contributed by atoms with Crippen LogP contribution in [0.25, 0.3) is 11.1 Å². The van der Waals surface area contributed by atoms with Gasteiger partial charge in [0.2, 0.25) is 12.6 Å². The molecule has 7 N–H and O–H groups in total. The highest BCUT2D eigenvalue weighted by Gasteiger charge is 2.67. The highest BCUT2D eigenvalue weighted by Crippen LogP contribution is 2.56. The van der Waals surface area contributed by atoms with Crippen LogP contribution in [0.4, 0.5) is 0 Å². The first-order valence-corrected chi connectivity index (χ1v) is 12.9. The molecular formula is C29H28N2O10. The molecule has 6 rings (SSSR count). The molecule has 2 aromatic rings. The van der Waals surface area contributed by atoms with E-state index in [1.54, 1.807) is 37.3 Å². The maximum Gasteiger partial charge on any atom is 0.255 e. The second-order valence-corrected chi connectivity index (χ2v) is 11.0. The second kappa shape index (κ2) is 8.80. The molecule has 1 amide bonds. The summed E-state index contributed by atoms with van der Waals surface area (Å²) in [4.78, 5) is 41.1. The molecule has 0 saturated carbocycles. The first-order valence-electron chi connectivity index (χ1n) is 12.9. The lowest BCUT2D eigenvalue weighted by molar-refractivity contribution is -0.162. The van der Waals surface area contributed by atoms with Crippen LogP contribution in [0.1, 0.15) is 28.8 Å². The summed E-state index contributed by atoms with van der Waals surface area (Å²) >= 11 is 0. The Morgan fingerprint density at radius 1 is 1.07 bits per heavy atom. The topological polar surface area (TPSA) is 200 Å². The number of hydrogen-bond acceptors (Lipinski definition) is 11. The van der Waals surface area contributed by atoms with E-state index >= 15 is 0 Å². The number of benzene rings is 2. The predicted molar refractivity (Wildman–Crippen MR) is 141 cm³/mol. The molecular weight excluding hydrogens is 536 g/mol. The van der Waals surface area contributed by atoms with Crippen molar-refractivity contribution in [2.24, 2.45) is 17.6 Å². The summed E-state index contributed by atoms with van der Waals surface area (Å²) in [5.74, 6) is -8.31. The highest BCUT2D eigenvalue weighted by molar-refractivity contribution is 6.25. The highest BCUT2D eigenvalue weighted by atomic mass is 16.7. The van der Waals surface area contributed by atoms with Crippen LogP contribution in [0, 0.1) is 11.8 Å². The Hall–Kier alpha value is -4.39. The quantitative estimate of drug-likeness (QED) is 0.291. The summed E-state index contributed by atoms with van der Waals surface area (Å²) in [6, 6.07) is 6.92. The van der Waals surface area contributed by atoms with Gasteiger partial charge in [0, 0.05) is 17.1 Å². The Kier molecular flexibility index (Phi) is 5.76. The maximum atomic E-state index is 14.0. The van der Waals surface area contributed by atoms with Crippen LogP contribution >= 0.6 is 0 Å². The summed E-state index contributed by atoms with van der Waals surface area (Å²) < 4.78 is 10.8. The van der Waals surface area contributed by atoms with E-state index < -0.39 is 81.4 Å². The van der Waals surface area contributed by atoms with Crippen LogP contribution in [0.15, 0.2) is 53.0 Å². The minimum atomic E-state index is -2.96. The lowest BCUT2D eigenvalue weighted by Crippen LogP contribution is -2.68. The van der Waals surface area contributed by atoms with E-state index in [2.05, 4.69) is 0 Å². The number of aliphatic hydroxyl groups excluding tert-OH is 3. The van der Waals surface area contributed by atoms with Gasteiger partial charge < -0.3 is 40.7 Å². The third kappa shape index (κ3) is 3.35. The Morgan fingerprint density at radius 2 is 1.76 bits per heavy atom. The van der Waals surface area contributed by atoms with Crippen LogP contribution in [0.2, 0.25) is 0 Å². The number of nitrogens with two attached hydrogens (primary N) is 1. The number of aromatic hydroxyl groups is 1. The molecule has 0 saturated heterocycles. The number of amides is 1. The van der Waals surface area contributed by atoms with Crippen LogP contribution in [-0.4, -0.2) is 86.5 Å². The van der Waals surface area contributed by atoms with Gasteiger partial charge >= 0.3 is 0 Å². The molecule has 214 valence electrons. The number of carbonyl (C=O) groups is 3. The molecule has 2 aromatic carbocycles. The minimum absolute atomic E-state index is 0.0455. The van der Waals surface area contributed by atoms with Crippen molar-refractivity contribution in [3.63, 3.8) is 0 Å². The van der Waals surface area contributed by atoms with Crippen LogP contribution in [0.5, 0.6) is 17.2 Å². The number of nitrogens with zero attached hydrogens (tertiary/aromatic N) is 1. The zero-order valence-electron chi connectivity index (χ0n) is 22.3. The number of phenols is 1. The lowest BCUT2D eigenvalue weighted by atomic mass is 9.55. The molecule has 12 heteroatoms. The average Bonchev–Trinajstić information content (AvgIpc) is 3.38. The monoisotopic (exact) mass is 564 g/mol. The summed E-state index contributed by atoms with van der Waals surface area (Å²) in [6.45, 7) is 1.72. The first-order chi connectivity index (χ1) is 19.3. The Bertz CT molecular complexity index is 1630. The van der Waals surface area contributed by atoms with Gasteiger partial charge in [-0.1, -0.05) is 25.1 Å². The van der Waals surface area contributed by atoms with E-state index in [9.17, 15) is 39.9 Å². The fraction of sp³-hybridized carbons (Fsp3) is 0.345. The van der Waals surface area contributed by atoms with Gasteiger partial charge in [-0.15, -0.1) is 0 Å². The summed E-state index contributed by atoms with van der Waals surface area (Å²) in [6.07, 6.45) is -1.65. The predicted octanol–water partition coefficient (Wildman–Crippen LogP) is 1.05. The number of fused-ring (bicyclic) bond motifs is 4. The molecule has 1 heterocycles. The Morgan fingerprint density at radius 3 is 2.41 bits per heavy atom. The molecule has 4 aliphatic rings. The molecule has 0 spiro atoms. The van der Waals surface area contributed by atoms with Gasteiger partial charge in [0.25, 0.3) is 5.91 Å². The fourth-order valence-electron chi connectivity index (χ4n) is 6.92. The van der Waals surface area contributed by atoms with Crippen molar-refractivity contribution in [1.82, 2.24) is 4.90 Å². The summed E-state index contributed by atoms with van der Waals surface area (Å²) in [5, 5.41) is 57.3. The van der Waals surface area contributed by atoms with Crippen molar-refractivity contribution >= 4 is 17.5 Å². The largest absolute Gasteiger partial charge is 0.510 e. The molecule has 6 atom stereocenters. The Labute approximate surface area is 233 Å². The van der Waals surface area contributed by atoms with E-state index in [1.807, 2.05) is 0 Å². The molecule has 0 radical (unpaired) electrons. The normalized spacial score (nSPS) is 30.3. The SMILES string of the molecule is CC1c2ccc(-c3ccc4c(c3)OCO4)c(O)c2C(=O)C2=C(O)C3(O)C(=O)C(C(N)=O)=C(O)C(N(C)C)C3C(O)C21. The maximum absolute atomic E-state index is 14.0. The molecule has 6 unspecified atom stereocenters. The number of likely N-dealkylation sites (N-methyl/N-ethyl adjacent to an activating group) is 1. The zero-order valence-corrected chi connectivity index (χ0v) is 22.3. The van der Waals surface area contributed by atoms with E-state index in [0.717, 1.165) is 0 Å². The second-order valence-electron chi connectivity index (χ2n) is 11.0. The number of phenolic OH excluding ortho intramolecular Hbond substituents is 1. The van der Waals surface area contributed by atoms with Crippen molar-refractivity contribution in [2.75, 3.05) is 20.9 Å². The van der Waals surface area contributed by atoms with Crippen molar-refractivity contribution in [3.8, 4) is 28.4 Å². The molecule has 12 nitrogen and oxygen atoms in total.